The number of rotatable bonds is 9. The zero-order valence-corrected chi connectivity index (χ0v) is 19.0. The number of halogens is 1. The first-order valence-corrected chi connectivity index (χ1v) is 12.2. The second-order valence-electron chi connectivity index (χ2n) is 7.22. The maximum atomic E-state index is 12.1. The molecule has 0 heterocycles. The lowest BCUT2D eigenvalue weighted by Gasteiger charge is -2.30. The first-order chi connectivity index (χ1) is 14.0. The molecule has 1 amide bonds. The van der Waals surface area contributed by atoms with E-state index in [9.17, 15) is 9.00 Å². The first-order valence-electron chi connectivity index (χ1n) is 10.5. The third-order valence-electron chi connectivity index (χ3n) is 4.93. The second kappa shape index (κ2) is 12.9. The monoisotopic (exact) mass is 440 g/mol. The SMILES string of the molecule is CCNC(=NCCCC(=O)Nc1ccc(Cl)cc1)NC1CCCC(S(=O)CC)C1. The summed E-state index contributed by atoms with van der Waals surface area (Å²) in [7, 11) is -0.735. The van der Waals surface area contributed by atoms with E-state index in [2.05, 4.69) is 20.9 Å². The molecule has 1 aliphatic rings. The molecule has 0 radical (unpaired) electrons. The predicted octanol–water partition coefficient (Wildman–Crippen LogP) is 3.69. The molecule has 29 heavy (non-hydrogen) atoms. The Bertz CT molecular complexity index is 696. The van der Waals surface area contributed by atoms with Crippen LogP contribution < -0.4 is 16.0 Å². The predicted molar refractivity (Wildman–Crippen MR) is 123 cm³/mol. The molecular weight excluding hydrogens is 408 g/mol. The van der Waals surface area contributed by atoms with Crippen molar-refractivity contribution in [2.24, 2.45) is 4.99 Å². The van der Waals surface area contributed by atoms with Crippen LogP contribution in [-0.2, 0) is 15.6 Å². The summed E-state index contributed by atoms with van der Waals surface area (Å²) in [5.41, 5.74) is 0.745. The van der Waals surface area contributed by atoms with Crippen LogP contribution in [-0.4, -0.2) is 46.2 Å². The van der Waals surface area contributed by atoms with Crippen LogP contribution in [0.1, 0.15) is 52.4 Å². The maximum absolute atomic E-state index is 12.1. The third-order valence-corrected chi connectivity index (χ3v) is 6.92. The number of hydrogen-bond acceptors (Lipinski definition) is 3. The summed E-state index contributed by atoms with van der Waals surface area (Å²) in [6.45, 7) is 5.37. The van der Waals surface area contributed by atoms with E-state index in [1.54, 1.807) is 24.3 Å². The van der Waals surface area contributed by atoms with E-state index in [0.29, 0.717) is 30.5 Å². The molecule has 0 saturated heterocycles. The number of nitrogens with zero attached hydrogens (tertiary/aromatic N) is 1. The highest BCUT2D eigenvalue weighted by Gasteiger charge is 2.26. The van der Waals surface area contributed by atoms with Crippen LogP contribution >= 0.6 is 11.6 Å². The van der Waals surface area contributed by atoms with Crippen molar-refractivity contribution in [3.05, 3.63) is 29.3 Å². The Morgan fingerprint density at radius 3 is 2.69 bits per heavy atom. The van der Waals surface area contributed by atoms with Gasteiger partial charge in [-0.1, -0.05) is 24.9 Å². The van der Waals surface area contributed by atoms with Gasteiger partial charge in [0.05, 0.1) is 0 Å². The van der Waals surface area contributed by atoms with Gasteiger partial charge in [0.2, 0.25) is 5.91 Å². The largest absolute Gasteiger partial charge is 0.357 e. The van der Waals surface area contributed by atoms with Crippen molar-refractivity contribution in [2.45, 2.75) is 63.7 Å². The van der Waals surface area contributed by atoms with E-state index in [4.69, 9.17) is 11.6 Å². The van der Waals surface area contributed by atoms with Gasteiger partial charge in [-0.15, -0.1) is 0 Å². The minimum Gasteiger partial charge on any atom is -0.357 e. The van der Waals surface area contributed by atoms with Crippen LogP contribution in [0.4, 0.5) is 5.69 Å². The second-order valence-corrected chi connectivity index (χ2v) is 9.66. The summed E-state index contributed by atoms with van der Waals surface area (Å²) in [5, 5.41) is 10.6. The Hall–Kier alpha value is -1.60. The highest BCUT2D eigenvalue weighted by molar-refractivity contribution is 7.85. The zero-order chi connectivity index (χ0) is 21.1. The Morgan fingerprint density at radius 2 is 2.00 bits per heavy atom. The van der Waals surface area contributed by atoms with Crippen molar-refractivity contribution in [3.8, 4) is 0 Å². The molecule has 3 unspecified atom stereocenters. The van der Waals surface area contributed by atoms with Crippen LogP contribution in [0.25, 0.3) is 0 Å². The average Bonchev–Trinajstić information content (AvgIpc) is 2.72. The maximum Gasteiger partial charge on any atom is 0.224 e. The Kier molecular flexibility index (Phi) is 10.5. The van der Waals surface area contributed by atoms with Gasteiger partial charge >= 0.3 is 0 Å². The van der Waals surface area contributed by atoms with Gasteiger partial charge in [-0.3, -0.25) is 14.0 Å². The summed E-state index contributed by atoms with van der Waals surface area (Å²) < 4.78 is 12.1. The molecule has 0 spiro atoms. The normalized spacial score (nSPS) is 20.7. The topological polar surface area (TPSA) is 82.6 Å². The van der Waals surface area contributed by atoms with E-state index in [-0.39, 0.29) is 11.2 Å². The minimum absolute atomic E-state index is 0.0300. The molecule has 3 atom stereocenters. The van der Waals surface area contributed by atoms with Crippen LogP contribution in [0.5, 0.6) is 0 Å². The van der Waals surface area contributed by atoms with E-state index >= 15 is 0 Å². The van der Waals surface area contributed by atoms with Gasteiger partial charge < -0.3 is 16.0 Å². The van der Waals surface area contributed by atoms with Gasteiger partial charge in [0.1, 0.15) is 0 Å². The molecule has 1 aromatic rings. The van der Waals surface area contributed by atoms with Crippen molar-refractivity contribution in [2.75, 3.05) is 24.2 Å². The molecule has 162 valence electrons. The molecule has 0 aromatic heterocycles. The third kappa shape index (κ3) is 8.74. The van der Waals surface area contributed by atoms with Gasteiger partial charge in [-0.2, -0.15) is 0 Å². The van der Waals surface area contributed by atoms with Gasteiger partial charge in [0.15, 0.2) is 5.96 Å². The van der Waals surface area contributed by atoms with E-state index in [1.165, 1.54) is 0 Å². The number of anilines is 1. The number of amides is 1. The van der Waals surface area contributed by atoms with Crippen molar-refractivity contribution < 1.29 is 9.00 Å². The molecule has 1 fully saturated rings. The summed E-state index contributed by atoms with van der Waals surface area (Å²) in [6, 6.07) is 7.38. The molecule has 1 aromatic carbocycles. The number of guanidine groups is 1. The molecular formula is C21H33ClN4O2S. The highest BCUT2D eigenvalue weighted by atomic mass is 35.5. The lowest BCUT2D eigenvalue weighted by atomic mass is 9.95. The van der Waals surface area contributed by atoms with Crippen LogP contribution in [0.2, 0.25) is 5.02 Å². The Labute approximate surface area is 181 Å². The number of carbonyl (C=O) groups is 1. The van der Waals surface area contributed by atoms with Gasteiger partial charge in [-0.25, -0.2) is 0 Å². The summed E-state index contributed by atoms with van der Waals surface area (Å²) in [5.74, 6) is 1.47. The lowest BCUT2D eigenvalue weighted by molar-refractivity contribution is -0.116. The van der Waals surface area contributed by atoms with E-state index in [1.807, 2.05) is 13.8 Å². The zero-order valence-electron chi connectivity index (χ0n) is 17.4. The fourth-order valence-electron chi connectivity index (χ4n) is 3.45. The van der Waals surface area contributed by atoms with Crippen molar-refractivity contribution in [1.29, 1.82) is 0 Å². The smallest absolute Gasteiger partial charge is 0.224 e. The molecule has 3 N–H and O–H groups in total. The van der Waals surface area contributed by atoms with E-state index < -0.39 is 10.8 Å². The number of nitrogens with one attached hydrogen (secondary N) is 3. The van der Waals surface area contributed by atoms with Crippen molar-refractivity contribution >= 4 is 40.0 Å². The molecule has 8 heteroatoms. The highest BCUT2D eigenvalue weighted by Crippen LogP contribution is 2.23. The van der Waals surface area contributed by atoms with Crippen LogP contribution in [0.15, 0.2) is 29.3 Å². The fraction of sp³-hybridized carbons (Fsp3) is 0.619. The van der Waals surface area contributed by atoms with Crippen molar-refractivity contribution in [1.82, 2.24) is 10.6 Å². The lowest BCUT2D eigenvalue weighted by Crippen LogP contribution is -2.46. The minimum atomic E-state index is -0.735. The Balaban J connectivity index is 1.77. The standard InChI is InChI=1S/C21H33ClN4O2S/c1-3-23-21(26-18-7-5-8-19(15-18)29(28)4-2)24-14-6-9-20(27)25-17-12-10-16(22)11-13-17/h10-13,18-19H,3-9,14-15H2,1-2H3,(H,25,27)(H2,23,24,26). The first kappa shape index (κ1) is 23.7. The molecule has 0 bridgehead atoms. The number of benzene rings is 1. The number of aliphatic imine (C=N–C) groups is 1. The fourth-order valence-corrected chi connectivity index (χ4v) is 4.92. The van der Waals surface area contributed by atoms with Crippen LogP contribution in [0.3, 0.4) is 0 Å². The molecule has 2 rings (SSSR count). The number of hydrogen-bond donors (Lipinski definition) is 3. The van der Waals surface area contributed by atoms with Gasteiger partial charge in [0.25, 0.3) is 0 Å². The quantitative estimate of drug-likeness (QED) is 0.310. The molecule has 1 saturated carbocycles. The van der Waals surface area contributed by atoms with Gasteiger partial charge in [0, 0.05) is 58.1 Å². The summed E-state index contributed by atoms with van der Waals surface area (Å²) in [6.07, 6.45) is 5.22. The number of carbonyl (C=O) groups excluding carboxylic acids is 1. The molecule has 0 aliphatic heterocycles. The van der Waals surface area contributed by atoms with E-state index in [0.717, 1.165) is 49.6 Å². The molecule has 6 nitrogen and oxygen atoms in total. The summed E-state index contributed by atoms with van der Waals surface area (Å²) in [4.78, 5) is 16.7. The van der Waals surface area contributed by atoms with Gasteiger partial charge in [-0.05, 0) is 56.9 Å². The van der Waals surface area contributed by atoms with Crippen molar-refractivity contribution in [3.63, 3.8) is 0 Å². The summed E-state index contributed by atoms with van der Waals surface area (Å²) >= 11 is 5.85. The van der Waals surface area contributed by atoms with Crippen LogP contribution in [0, 0.1) is 0 Å². The average molecular weight is 441 g/mol. The Morgan fingerprint density at radius 1 is 1.24 bits per heavy atom. The molecule has 1 aliphatic carbocycles.